The van der Waals surface area contributed by atoms with Crippen LogP contribution in [0.4, 0.5) is 17.2 Å². The van der Waals surface area contributed by atoms with Gasteiger partial charge in [0.05, 0.1) is 32.0 Å². The fraction of sp³-hybridized carbons (Fsp3) is 0.292. The van der Waals surface area contributed by atoms with Gasteiger partial charge >= 0.3 is 5.69 Å². The molecule has 0 aliphatic heterocycles. The maximum absolute atomic E-state index is 13.0. The molecule has 3 aromatic rings. The zero-order chi connectivity index (χ0) is 24.5. The number of carbonyl (C=O) groups excluding carboxylic acids is 1. The SMILES string of the molecule is CCOc1ccccc1NC(=O)CN(Cc1ccccc1)c1c(N)n(CCOC)c(=O)[nH]c1=O. The molecule has 0 radical (unpaired) electrons. The largest absolute Gasteiger partial charge is 0.492 e. The van der Waals surface area contributed by atoms with E-state index in [1.807, 2.05) is 43.3 Å². The summed E-state index contributed by atoms with van der Waals surface area (Å²) in [5, 5.41) is 2.83. The second kappa shape index (κ2) is 11.7. The van der Waals surface area contributed by atoms with Crippen molar-refractivity contribution >= 4 is 23.1 Å². The summed E-state index contributed by atoms with van der Waals surface area (Å²) in [6.45, 7) is 2.71. The molecule has 180 valence electrons. The van der Waals surface area contributed by atoms with Crippen molar-refractivity contribution in [1.29, 1.82) is 0 Å². The van der Waals surface area contributed by atoms with Gasteiger partial charge in [0.1, 0.15) is 17.3 Å². The van der Waals surface area contributed by atoms with Gasteiger partial charge in [-0.3, -0.25) is 19.1 Å². The van der Waals surface area contributed by atoms with Crippen LogP contribution in [0, 0.1) is 0 Å². The number of rotatable bonds is 11. The van der Waals surface area contributed by atoms with E-state index in [9.17, 15) is 14.4 Å². The molecule has 1 amide bonds. The van der Waals surface area contributed by atoms with Gasteiger partial charge in [-0.15, -0.1) is 0 Å². The van der Waals surface area contributed by atoms with Gasteiger partial charge in [-0.25, -0.2) is 4.79 Å². The molecule has 0 fully saturated rings. The Morgan fingerprint density at radius 2 is 1.82 bits per heavy atom. The minimum atomic E-state index is -0.672. The predicted octanol–water partition coefficient (Wildman–Crippen LogP) is 1.81. The number of aromatic nitrogens is 2. The normalized spacial score (nSPS) is 10.6. The third-order valence-electron chi connectivity index (χ3n) is 5.06. The van der Waals surface area contributed by atoms with Gasteiger partial charge in [-0.1, -0.05) is 42.5 Å². The molecule has 0 aliphatic rings. The van der Waals surface area contributed by atoms with Crippen molar-refractivity contribution in [3.8, 4) is 5.75 Å². The van der Waals surface area contributed by atoms with Crippen LogP contribution in [0.2, 0.25) is 0 Å². The molecule has 2 aromatic carbocycles. The van der Waals surface area contributed by atoms with Crippen LogP contribution in [0.5, 0.6) is 5.75 Å². The lowest BCUT2D eigenvalue weighted by Gasteiger charge is -2.26. The molecular formula is C24H29N5O5. The average Bonchev–Trinajstić information content (AvgIpc) is 2.81. The van der Waals surface area contributed by atoms with Crippen LogP contribution in [0.15, 0.2) is 64.2 Å². The number of nitrogen functional groups attached to an aromatic ring is 1. The smallest absolute Gasteiger partial charge is 0.330 e. The number of nitrogens with two attached hydrogens (primary N) is 1. The molecule has 10 heteroatoms. The number of para-hydroxylation sites is 2. The Kier molecular flexibility index (Phi) is 8.47. The van der Waals surface area contributed by atoms with Crippen LogP contribution in [0.1, 0.15) is 12.5 Å². The fourth-order valence-corrected chi connectivity index (χ4v) is 3.52. The van der Waals surface area contributed by atoms with Crippen molar-refractivity contribution in [1.82, 2.24) is 9.55 Å². The highest BCUT2D eigenvalue weighted by atomic mass is 16.5. The Morgan fingerprint density at radius 1 is 1.12 bits per heavy atom. The molecule has 1 heterocycles. The van der Waals surface area contributed by atoms with Gasteiger partial charge in [0.25, 0.3) is 5.56 Å². The van der Waals surface area contributed by atoms with Crippen molar-refractivity contribution < 1.29 is 14.3 Å². The number of nitrogens with zero attached hydrogens (tertiary/aromatic N) is 2. The first kappa shape index (κ1) is 24.6. The predicted molar refractivity (Wildman–Crippen MR) is 131 cm³/mol. The van der Waals surface area contributed by atoms with E-state index >= 15 is 0 Å². The van der Waals surface area contributed by atoms with E-state index in [0.717, 1.165) is 5.56 Å². The van der Waals surface area contributed by atoms with Gasteiger partial charge in [-0.05, 0) is 24.6 Å². The lowest BCUT2D eigenvalue weighted by molar-refractivity contribution is -0.115. The van der Waals surface area contributed by atoms with Crippen molar-refractivity contribution in [2.24, 2.45) is 0 Å². The number of methoxy groups -OCH3 is 1. The Morgan fingerprint density at radius 3 is 2.53 bits per heavy atom. The molecule has 0 bridgehead atoms. The van der Waals surface area contributed by atoms with E-state index in [2.05, 4.69) is 10.3 Å². The van der Waals surface area contributed by atoms with E-state index in [1.165, 1.54) is 11.7 Å². The van der Waals surface area contributed by atoms with Gasteiger partial charge < -0.3 is 25.4 Å². The molecule has 4 N–H and O–H groups in total. The summed E-state index contributed by atoms with van der Waals surface area (Å²) in [4.78, 5) is 42.0. The number of H-pyrrole nitrogens is 1. The quantitative estimate of drug-likeness (QED) is 0.392. The topological polar surface area (TPSA) is 132 Å². The van der Waals surface area contributed by atoms with Gasteiger partial charge in [-0.2, -0.15) is 0 Å². The van der Waals surface area contributed by atoms with Crippen molar-refractivity contribution in [2.45, 2.75) is 20.0 Å². The van der Waals surface area contributed by atoms with Gasteiger partial charge in [0, 0.05) is 13.7 Å². The Labute approximate surface area is 196 Å². The van der Waals surface area contributed by atoms with Crippen LogP contribution in [-0.4, -0.2) is 42.3 Å². The van der Waals surface area contributed by atoms with E-state index in [4.69, 9.17) is 15.2 Å². The lowest BCUT2D eigenvalue weighted by atomic mass is 10.2. The highest BCUT2D eigenvalue weighted by Gasteiger charge is 2.22. The summed E-state index contributed by atoms with van der Waals surface area (Å²) in [6, 6.07) is 16.4. The maximum atomic E-state index is 13.0. The molecule has 10 nitrogen and oxygen atoms in total. The third-order valence-corrected chi connectivity index (χ3v) is 5.06. The number of carbonyl (C=O) groups is 1. The molecule has 34 heavy (non-hydrogen) atoms. The average molecular weight is 468 g/mol. The minimum Gasteiger partial charge on any atom is -0.492 e. The molecular weight excluding hydrogens is 438 g/mol. The van der Waals surface area contributed by atoms with Crippen molar-refractivity contribution in [3.05, 3.63) is 81.0 Å². The highest BCUT2D eigenvalue weighted by Crippen LogP contribution is 2.24. The van der Waals surface area contributed by atoms with E-state index in [0.29, 0.717) is 18.0 Å². The van der Waals surface area contributed by atoms with Crippen molar-refractivity contribution in [2.75, 3.05) is 42.8 Å². The molecule has 0 saturated carbocycles. The Balaban J connectivity index is 1.96. The van der Waals surface area contributed by atoms with Crippen LogP contribution in [-0.2, 0) is 22.6 Å². The standard InChI is InChI=1S/C24H29N5O5/c1-3-34-19-12-8-7-11-18(19)26-20(30)16-28(15-17-9-5-4-6-10-17)21-22(25)29(13-14-33-2)24(32)27-23(21)31/h4-12H,3,13-16,25H2,1-2H3,(H,26,30)(H,27,31,32). The second-order valence-corrected chi connectivity index (χ2v) is 7.46. The summed E-state index contributed by atoms with van der Waals surface area (Å²) in [5.74, 6) is 0.124. The molecule has 0 unspecified atom stereocenters. The number of hydrogen-bond acceptors (Lipinski definition) is 7. The summed E-state index contributed by atoms with van der Waals surface area (Å²) >= 11 is 0. The summed E-state index contributed by atoms with van der Waals surface area (Å²) < 4.78 is 11.8. The Hall–Kier alpha value is -4.05. The number of nitrogens with one attached hydrogen (secondary N) is 2. The van der Waals surface area contributed by atoms with Crippen molar-refractivity contribution in [3.63, 3.8) is 0 Å². The summed E-state index contributed by atoms with van der Waals surface area (Å²) in [5.41, 5.74) is 6.36. The van der Waals surface area contributed by atoms with E-state index in [-0.39, 0.29) is 43.7 Å². The van der Waals surface area contributed by atoms with E-state index in [1.54, 1.807) is 23.1 Å². The van der Waals surface area contributed by atoms with Crippen LogP contribution in [0.25, 0.3) is 0 Å². The number of amides is 1. The molecule has 0 atom stereocenters. The van der Waals surface area contributed by atoms with Crippen LogP contribution < -0.4 is 31.9 Å². The Bertz CT molecular complexity index is 1220. The number of ether oxygens (including phenoxy) is 2. The summed E-state index contributed by atoms with van der Waals surface area (Å²) in [6.07, 6.45) is 0. The van der Waals surface area contributed by atoms with Gasteiger partial charge in [0.15, 0.2) is 0 Å². The van der Waals surface area contributed by atoms with Gasteiger partial charge in [0.2, 0.25) is 5.91 Å². The van der Waals surface area contributed by atoms with Crippen LogP contribution in [0.3, 0.4) is 0 Å². The third kappa shape index (κ3) is 6.04. The summed E-state index contributed by atoms with van der Waals surface area (Å²) in [7, 11) is 1.50. The number of anilines is 3. The van der Waals surface area contributed by atoms with E-state index < -0.39 is 11.2 Å². The number of hydrogen-bond donors (Lipinski definition) is 3. The highest BCUT2D eigenvalue weighted by molar-refractivity contribution is 5.95. The molecule has 0 saturated heterocycles. The zero-order valence-corrected chi connectivity index (χ0v) is 19.2. The fourth-order valence-electron chi connectivity index (χ4n) is 3.52. The first-order valence-electron chi connectivity index (χ1n) is 10.9. The second-order valence-electron chi connectivity index (χ2n) is 7.46. The molecule has 1 aromatic heterocycles. The number of aromatic amines is 1. The lowest BCUT2D eigenvalue weighted by Crippen LogP contribution is -2.41. The zero-order valence-electron chi connectivity index (χ0n) is 19.2. The molecule has 0 spiro atoms. The van der Waals surface area contributed by atoms with Crippen LogP contribution >= 0.6 is 0 Å². The minimum absolute atomic E-state index is 0.0350. The first-order valence-corrected chi connectivity index (χ1v) is 10.9. The number of benzene rings is 2. The maximum Gasteiger partial charge on any atom is 0.330 e. The molecule has 3 rings (SSSR count). The monoisotopic (exact) mass is 467 g/mol. The first-order chi connectivity index (χ1) is 16.4. The molecule has 0 aliphatic carbocycles.